The van der Waals surface area contributed by atoms with Gasteiger partial charge in [-0.25, -0.2) is 4.79 Å². The fourth-order valence-corrected chi connectivity index (χ4v) is 0.285. The minimum atomic E-state index is -5.10. The van der Waals surface area contributed by atoms with Gasteiger partial charge in [-0.1, -0.05) is 0 Å². The van der Waals surface area contributed by atoms with E-state index in [9.17, 15) is 22.4 Å². The Hall–Kier alpha value is -0.850. The SMILES string of the molecule is NCC(F)(F)C(F)(F)C(=O)O. The fraction of sp³-hybridized carbons (Fsp3) is 0.750. The fourth-order valence-electron chi connectivity index (χ4n) is 0.285. The number of rotatable bonds is 3. The standard InChI is InChI=1S/C4H5F4NO2/c5-3(6,1-9)4(7,8)2(10)11/h1,9H2,(H,10,11). The van der Waals surface area contributed by atoms with Crippen molar-refractivity contribution in [1.82, 2.24) is 0 Å². The van der Waals surface area contributed by atoms with E-state index >= 15 is 0 Å². The molecule has 0 bridgehead atoms. The molecule has 0 saturated heterocycles. The molecule has 7 heteroatoms. The molecule has 0 unspecified atom stereocenters. The van der Waals surface area contributed by atoms with Crippen molar-refractivity contribution in [2.24, 2.45) is 5.73 Å². The maximum absolute atomic E-state index is 11.9. The smallest absolute Gasteiger partial charge is 0.405 e. The second-order valence-corrected chi connectivity index (χ2v) is 1.79. The van der Waals surface area contributed by atoms with Gasteiger partial charge in [-0.15, -0.1) is 0 Å². The highest BCUT2D eigenvalue weighted by molar-refractivity contribution is 5.76. The molecule has 0 atom stereocenters. The molecule has 0 aromatic heterocycles. The van der Waals surface area contributed by atoms with Crippen LogP contribution in [0, 0.1) is 0 Å². The Labute approximate surface area is 58.8 Å². The summed E-state index contributed by atoms with van der Waals surface area (Å²) in [6.07, 6.45) is 0. The molecular formula is C4H5F4NO2. The van der Waals surface area contributed by atoms with E-state index in [0.29, 0.717) is 0 Å². The number of halogens is 4. The Balaban J connectivity index is 4.67. The van der Waals surface area contributed by atoms with E-state index in [4.69, 9.17) is 5.11 Å². The molecule has 66 valence electrons. The van der Waals surface area contributed by atoms with Crippen molar-refractivity contribution < 1.29 is 27.5 Å². The number of nitrogens with two attached hydrogens (primary N) is 1. The number of aliphatic carboxylic acids is 1. The van der Waals surface area contributed by atoms with Gasteiger partial charge in [0, 0.05) is 0 Å². The Kier molecular flexibility index (Phi) is 2.44. The zero-order chi connectivity index (χ0) is 9.28. The molecule has 0 aromatic carbocycles. The van der Waals surface area contributed by atoms with Crippen molar-refractivity contribution in [1.29, 1.82) is 0 Å². The molecule has 0 amide bonds. The summed E-state index contributed by atoms with van der Waals surface area (Å²) in [5, 5.41) is 7.62. The van der Waals surface area contributed by atoms with Crippen LogP contribution in [0.25, 0.3) is 0 Å². The molecule has 3 N–H and O–H groups in total. The third-order valence-corrected chi connectivity index (χ3v) is 0.984. The van der Waals surface area contributed by atoms with Crippen molar-refractivity contribution in [2.45, 2.75) is 11.8 Å². The molecule has 0 fully saturated rings. The van der Waals surface area contributed by atoms with Crippen LogP contribution in [0.1, 0.15) is 0 Å². The minimum absolute atomic E-state index is 1.70. The second kappa shape index (κ2) is 2.65. The van der Waals surface area contributed by atoms with Crippen LogP contribution in [0.15, 0.2) is 0 Å². The highest BCUT2D eigenvalue weighted by Crippen LogP contribution is 2.33. The van der Waals surface area contributed by atoms with Crippen LogP contribution < -0.4 is 5.73 Å². The van der Waals surface area contributed by atoms with Crippen molar-refractivity contribution in [3.8, 4) is 0 Å². The van der Waals surface area contributed by atoms with Gasteiger partial charge in [-0.3, -0.25) is 0 Å². The lowest BCUT2D eigenvalue weighted by molar-refractivity contribution is -0.219. The molecule has 0 saturated carbocycles. The Bertz CT molecular complexity index is 169. The van der Waals surface area contributed by atoms with Crippen LogP contribution in [-0.2, 0) is 4.79 Å². The highest BCUT2D eigenvalue weighted by atomic mass is 19.3. The first-order chi connectivity index (χ1) is 4.75. The lowest BCUT2D eigenvalue weighted by Gasteiger charge is -2.20. The van der Waals surface area contributed by atoms with Gasteiger partial charge in [0.15, 0.2) is 0 Å². The van der Waals surface area contributed by atoms with Crippen molar-refractivity contribution in [3.05, 3.63) is 0 Å². The van der Waals surface area contributed by atoms with Gasteiger partial charge in [0.1, 0.15) is 0 Å². The number of carbonyl (C=O) groups is 1. The average Bonchev–Trinajstić information content (AvgIpc) is 1.87. The highest BCUT2D eigenvalue weighted by Gasteiger charge is 2.61. The van der Waals surface area contributed by atoms with Gasteiger partial charge in [-0.2, -0.15) is 17.6 Å². The van der Waals surface area contributed by atoms with Crippen LogP contribution in [0.2, 0.25) is 0 Å². The first kappa shape index (κ1) is 10.2. The maximum Gasteiger partial charge on any atom is 0.405 e. The molecule has 3 nitrogen and oxygen atoms in total. The molecule has 0 aliphatic rings. The first-order valence-corrected chi connectivity index (χ1v) is 2.45. The lowest BCUT2D eigenvalue weighted by Crippen LogP contribution is -2.51. The van der Waals surface area contributed by atoms with E-state index in [2.05, 4.69) is 5.73 Å². The first-order valence-electron chi connectivity index (χ1n) is 2.45. The summed E-state index contributed by atoms with van der Waals surface area (Å²) in [6, 6.07) is 0. The molecule has 0 rings (SSSR count). The quantitative estimate of drug-likeness (QED) is 0.606. The van der Waals surface area contributed by atoms with Gasteiger partial charge in [0.25, 0.3) is 0 Å². The van der Waals surface area contributed by atoms with Gasteiger partial charge in [-0.05, 0) is 0 Å². The van der Waals surface area contributed by atoms with Crippen molar-refractivity contribution in [2.75, 3.05) is 6.54 Å². The van der Waals surface area contributed by atoms with Gasteiger partial charge in [0.2, 0.25) is 0 Å². The van der Waals surface area contributed by atoms with Crippen LogP contribution in [0.4, 0.5) is 17.6 Å². The summed E-state index contributed by atoms with van der Waals surface area (Å²) in [5.41, 5.74) is 4.24. The van der Waals surface area contributed by atoms with E-state index in [-0.39, 0.29) is 0 Å². The molecule has 0 aliphatic heterocycles. The third-order valence-electron chi connectivity index (χ3n) is 0.984. The van der Waals surface area contributed by atoms with Crippen LogP contribution >= 0.6 is 0 Å². The summed E-state index contributed by atoms with van der Waals surface area (Å²) in [6.45, 7) is -1.70. The summed E-state index contributed by atoms with van der Waals surface area (Å²) in [5.74, 6) is -12.7. The van der Waals surface area contributed by atoms with Crippen molar-refractivity contribution in [3.63, 3.8) is 0 Å². The zero-order valence-electron chi connectivity index (χ0n) is 5.15. The summed E-state index contributed by atoms with van der Waals surface area (Å²) in [4.78, 5) is 9.54. The van der Waals surface area contributed by atoms with E-state index in [1.165, 1.54) is 0 Å². The Morgan fingerprint density at radius 2 is 1.73 bits per heavy atom. The van der Waals surface area contributed by atoms with Gasteiger partial charge in [0.05, 0.1) is 6.54 Å². The van der Waals surface area contributed by atoms with E-state index in [1.54, 1.807) is 0 Å². The number of carboxylic acids is 1. The number of alkyl halides is 4. The Morgan fingerprint density at radius 3 is 1.82 bits per heavy atom. The lowest BCUT2D eigenvalue weighted by atomic mass is 10.2. The van der Waals surface area contributed by atoms with Gasteiger partial charge >= 0.3 is 17.8 Å². The molecule has 0 aliphatic carbocycles. The van der Waals surface area contributed by atoms with E-state index in [1.807, 2.05) is 0 Å². The summed E-state index contributed by atoms with van der Waals surface area (Å²) >= 11 is 0. The topological polar surface area (TPSA) is 63.3 Å². The molecule has 11 heavy (non-hydrogen) atoms. The zero-order valence-corrected chi connectivity index (χ0v) is 5.15. The Morgan fingerprint density at radius 1 is 1.36 bits per heavy atom. The predicted molar refractivity (Wildman–Crippen MR) is 26.6 cm³/mol. The summed E-state index contributed by atoms with van der Waals surface area (Å²) in [7, 11) is 0. The summed E-state index contributed by atoms with van der Waals surface area (Å²) < 4.78 is 47.6. The molecule has 0 spiro atoms. The average molecular weight is 175 g/mol. The normalized spacial score (nSPS) is 13.2. The largest absolute Gasteiger partial charge is 0.477 e. The van der Waals surface area contributed by atoms with Crippen LogP contribution in [-0.4, -0.2) is 29.5 Å². The van der Waals surface area contributed by atoms with E-state index < -0.39 is 24.4 Å². The van der Waals surface area contributed by atoms with Crippen LogP contribution in [0.5, 0.6) is 0 Å². The monoisotopic (exact) mass is 175 g/mol. The minimum Gasteiger partial charge on any atom is -0.477 e. The molecule has 0 aromatic rings. The van der Waals surface area contributed by atoms with Crippen LogP contribution in [0.3, 0.4) is 0 Å². The molecular weight excluding hydrogens is 170 g/mol. The molecule has 0 radical (unpaired) electrons. The predicted octanol–water partition coefficient (Wildman–Crippen LogP) is 0.300. The molecule has 0 heterocycles. The van der Waals surface area contributed by atoms with Crippen molar-refractivity contribution >= 4 is 5.97 Å². The maximum atomic E-state index is 11.9. The third kappa shape index (κ3) is 1.59. The second-order valence-electron chi connectivity index (χ2n) is 1.79. The van der Waals surface area contributed by atoms with E-state index in [0.717, 1.165) is 0 Å². The number of carboxylic acid groups (broad SMARTS) is 1. The number of hydrogen-bond donors (Lipinski definition) is 2. The van der Waals surface area contributed by atoms with Gasteiger partial charge < -0.3 is 10.8 Å². The number of hydrogen-bond acceptors (Lipinski definition) is 2.